The van der Waals surface area contributed by atoms with Crippen LogP contribution in [0.4, 0.5) is 0 Å². The monoisotopic (exact) mass is 238 g/mol. The van der Waals surface area contributed by atoms with Crippen LogP contribution in [0.2, 0.25) is 0 Å². The molecule has 0 aliphatic carbocycles. The highest BCUT2D eigenvalue weighted by molar-refractivity contribution is 4.84. The maximum Gasteiger partial charge on any atom is 0.0221 e. The predicted octanol–water partition coefficient (Wildman–Crippen LogP) is 2.89. The summed E-state index contributed by atoms with van der Waals surface area (Å²) in [5, 5.41) is 3.64. The van der Waals surface area contributed by atoms with Gasteiger partial charge in [-0.25, -0.2) is 0 Å². The first-order valence-corrected chi connectivity index (χ1v) is 7.64. The van der Waals surface area contributed by atoms with Gasteiger partial charge in [0, 0.05) is 18.6 Å². The summed E-state index contributed by atoms with van der Waals surface area (Å²) in [4.78, 5) is 2.77. The van der Waals surface area contributed by atoms with Crippen molar-refractivity contribution < 1.29 is 0 Å². The minimum atomic E-state index is 0.738. The fourth-order valence-corrected chi connectivity index (χ4v) is 3.47. The number of piperidine rings is 1. The van der Waals surface area contributed by atoms with E-state index >= 15 is 0 Å². The normalized spacial score (nSPS) is 37.1. The number of nitrogens with one attached hydrogen (secondary N) is 1. The molecule has 2 aliphatic rings. The molecule has 2 saturated heterocycles. The van der Waals surface area contributed by atoms with Crippen molar-refractivity contribution in [3.63, 3.8) is 0 Å². The molecule has 0 bridgehead atoms. The van der Waals surface area contributed by atoms with Gasteiger partial charge < -0.3 is 5.32 Å². The molecular formula is C15H30N2. The molecule has 2 heteroatoms. The van der Waals surface area contributed by atoms with E-state index in [1.807, 2.05) is 0 Å². The minimum absolute atomic E-state index is 0.738. The summed E-state index contributed by atoms with van der Waals surface area (Å²) < 4.78 is 0. The fourth-order valence-electron chi connectivity index (χ4n) is 3.47. The van der Waals surface area contributed by atoms with Gasteiger partial charge in [0.2, 0.25) is 0 Å². The van der Waals surface area contributed by atoms with Crippen LogP contribution in [-0.2, 0) is 0 Å². The van der Waals surface area contributed by atoms with Crippen molar-refractivity contribution in [1.29, 1.82) is 0 Å². The van der Waals surface area contributed by atoms with Gasteiger partial charge in [0.1, 0.15) is 0 Å². The molecule has 0 spiro atoms. The predicted molar refractivity (Wildman–Crippen MR) is 74.2 cm³/mol. The highest BCUT2D eigenvalue weighted by atomic mass is 15.2. The van der Waals surface area contributed by atoms with Crippen molar-refractivity contribution in [1.82, 2.24) is 10.2 Å². The Balaban J connectivity index is 1.82. The lowest BCUT2D eigenvalue weighted by Gasteiger charge is -2.36. The van der Waals surface area contributed by atoms with Crippen molar-refractivity contribution in [2.24, 2.45) is 11.8 Å². The number of nitrogens with zero attached hydrogens (tertiary/aromatic N) is 1. The Morgan fingerprint density at radius 3 is 2.53 bits per heavy atom. The summed E-state index contributed by atoms with van der Waals surface area (Å²) in [5.74, 6) is 1.84. The second-order valence-corrected chi connectivity index (χ2v) is 6.51. The topological polar surface area (TPSA) is 15.3 Å². The Labute approximate surface area is 107 Å². The molecule has 0 aromatic carbocycles. The van der Waals surface area contributed by atoms with E-state index in [1.165, 1.54) is 51.7 Å². The van der Waals surface area contributed by atoms with Gasteiger partial charge in [-0.1, -0.05) is 13.8 Å². The summed E-state index contributed by atoms with van der Waals surface area (Å²) >= 11 is 0. The molecule has 2 nitrogen and oxygen atoms in total. The lowest BCUT2D eigenvalue weighted by atomic mass is 9.89. The lowest BCUT2D eigenvalue weighted by molar-refractivity contribution is 0.156. The second kappa shape index (κ2) is 6.19. The maximum atomic E-state index is 3.64. The standard InChI is InChI=1S/C15H30N2/c1-12(2)14-5-4-9-17(10-8-14)15-7-6-13(3)16-11-15/h12-16H,4-11H2,1-3H3. The smallest absolute Gasteiger partial charge is 0.0221 e. The van der Waals surface area contributed by atoms with E-state index in [-0.39, 0.29) is 0 Å². The third-order valence-corrected chi connectivity index (χ3v) is 4.90. The number of hydrogen-bond acceptors (Lipinski definition) is 2. The molecule has 2 fully saturated rings. The minimum Gasteiger partial charge on any atom is -0.313 e. The molecule has 17 heavy (non-hydrogen) atoms. The molecule has 100 valence electrons. The zero-order valence-corrected chi connectivity index (χ0v) is 11.9. The van der Waals surface area contributed by atoms with Crippen molar-refractivity contribution in [3.8, 4) is 0 Å². The van der Waals surface area contributed by atoms with E-state index in [0.29, 0.717) is 0 Å². The molecule has 1 N–H and O–H groups in total. The largest absolute Gasteiger partial charge is 0.313 e. The molecule has 2 heterocycles. The Morgan fingerprint density at radius 1 is 1.06 bits per heavy atom. The molecule has 0 amide bonds. The van der Waals surface area contributed by atoms with Crippen LogP contribution in [-0.4, -0.2) is 36.6 Å². The summed E-state index contributed by atoms with van der Waals surface area (Å²) in [6.07, 6.45) is 7.04. The van der Waals surface area contributed by atoms with Crippen molar-refractivity contribution in [2.45, 2.75) is 65.0 Å². The lowest BCUT2D eigenvalue weighted by Crippen LogP contribution is -2.49. The van der Waals surface area contributed by atoms with Gasteiger partial charge in [0.05, 0.1) is 0 Å². The SMILES string of the molecule is CC1CCC(N2CCCC(C(C)C)CC2)CN1. The van der Waals surface area contributed by atoms with Crippen molar-refractivity contribution in [3.05, 3.63) is 0 Å². The van der Waals surface area contributed by atoms with Crippen LogP contribution in [0.15, 0.2) is 0 Å². The van der Waals surface area contributed by atoms with E-state index in [1.54, 1.807) is 0 Å². The average molecular weight is 238 g/mol. The van der Waals surface area contributed by atoms with Gasteiger partial charge in [0.15, 0.2) is 0 Å². The number of hydrogen-bond donors (Lipinski definition) is 1. The molecular weight excluding hydrogens is 208 g/mol. The van der Waals surface area contributed by atoms with Crippen molar-refractivity contribution in [2.75, 3.05) is 19.6 Å². The Kier molecular flexibility index (Phi) is 4.87. The second-order valence-electron chi connectivity index (χ2n) is 6.51. The third-order valence-electron chi connectivity index (χ3n) is 4.90. The van der Waals surface area contributed by atoms with Gasteiger partial charge in [-0.05, 0) is 64.0 Å². The Hall–Kier alpha value is -0.0800. The van der Waals surface area contributed by atoms with Crippen molar-refractivity contribution >= 4 is 0 Å². The molecule has 0 radical (unpaired) electrons. The Morgan fingerprint density at radius 2 is 1.88 bits per heavy atom. The van der Waals surface area contributed by atoms with E-state index in [9.17, 15) is 0 Å². The van der Waals surface area contributed by atoms with Crippen LogP contribution in [0.3, 0.4) is 0 Å². The molecule has 2 aliphatic heterocycles. The molecule has 3 atom stereocenters. The first-order valence-electron chi connectivity index (χ1n) is 7.64. The van der Waals surface area contributed by atoms with Gasteiger partial charge in [-0.3, -0.25) is 4.90 Å². The first kappa shape index (κ1) is 13.4. The molecule has 3 unspecified atom stereocenters. The van der Waals surface area contributed by atoms with Crippen LogP contribution >= 0.6 is 0 Å². The van der Waals surface area contributed by atoms with Crippen LogP contribution in [0.1, 0.15) is 52.9 Å². The highest BCUT2D eigenvalue weighted by Crippen LogP contribution is 2.26. The van der Waals surface area contributed by atoms with E-state index < -0.39 is 0 Å². The quantitative estimate of drug-likeness (QED) is 0.796. The molecule has 0 aromatic rings. The van der Waals surface area contributed by atoms with E-state index in [0.717, 1.165) is 23.9 Å². The number of likely N-dealkylation sites (tertiary alicyclic amines) is 1. The third kappa shape index (κ3) is 3.69. The van der Waals surface area contributed by atoms with E-state index in [2.05, 4.69) is 31.0 Å². The molecule has 0 aromatic heterocycles. The summed E-state index contributed by atoms with van der Waals surface area (Å²) in [6, 6.07) is 1.55. The first-order chi connectivity index (χ1) is 8.16. The van der Waals surface area contributed by atoms with Gasteiger partial charge >= 0.3 is 0 Å². The highest BCUT2D eigenvalue weighted by Gasteiger charge is 2.26. The maximum absolute atomic E-state index is 3.64. The van der Waals surface area contributed by atoms with Gasteiger partial charge in [-0.2, -0.15) is 0 Å². The molecule has 2 rings (SSSR count). The zero-order chi connectivity index (χ0) is 12.3. The van der Waals surface area contributed by atoms with Gasteiger partial charge in [-0.15, -0.1) is 0 Å². The van der Waals surface area contributed by atoms with Crippen LogP contribution in [0, 0.1) is 11.8 Å². The summed E-state index contributed by atoms with van der Waals surface area (Å²) in [6.45, 7) is 11.0. The van der Waals surface area contributed by atoms with Crippen LogP contribution < -0.4 is 5.32 Å². The summed E-state index contributed by atoms with van der Waals surface area (Å²) in [7, 11) is 0. The average Bonchev–Trinajstić information content (AvgIpc) is 2.55. The van der Waals surface area contributed by atoms with Crippen LogP contribution in [0.25, 0.3) is 0 Å². The Bertz CT molecular complexity index is 219. The summed E-state index contributed by atoms with van der Waals surface area (Å²) in [5.41, 5.74) is 0. The van der Waals surface area contributed by atoms with E-state index in [4.69, 9.17) is 0 Å². The number of rotatable bonds is 2. The van der Waals surface area contributed by atoms with Crippen LogP contribution in [0.5, 0.6) is 0 Å². The van der Waals surface area contributed by atoms with Gasteiger partial charge in [0.25, 0.3) is 0 Å². The zero-order valence-electron chi connectivity index (χ0n) is 11.9. The molecule has 0 saturated carbocycles. The fraction of sp³-hybridized carbons (Fsp3) is 1.00.